The Morgan fingerprint density at radius 1 is 1.19 bits per heavy atom. The summed E-state index contributed by atoms with van der Waals surface area (Å²) in [5.74, 6) is -0.0689. The van der Waals surface area contributed by atoms with Crippen molar-refractivity contribution in [3.63, 3.8) is 0 Å². The van der Waals surface area contributed by atoms with Gasteiger partial charge in [-0.2, -0.15) is 12.7 Å². The van der Waals surface area contributed by atoms with Crippen LogP contribution in [0.4, 0.5) is 5.69 Å². The summed E-state index contributed by atoms with van der Waals surface area (Å²) in [4.78, 5) is 14.1. The van der Waals surface area contributed by atoms with E-state index in [1.165, 1.54) is 9.87 Å². The molecule has 2 aliphatic rings. The zero-order chi connectivity index (χ0) is 15.0. The van der Waals surface area contributed by atoms with E-state index in [2.05, 4.69) is 5.32 Å². The third kappa shape index (κ3) is 2.87. The zero-order valence-corrected chi connectivity index (χ0v) is 12.4. The molecule has 2 aliphatic heterocycles. The van der Waals surface area contributed by atoms with Crippen LogP contribution < -0.4 is 10.5 Å². The molecule has 7 nitrogen and oxygen atoms in total. The van der Waals surface area contributed by atoms with Gasteiger partial charge < -0.3 is 10.2 Å². The summed E-state index contributed by atoms with van der Waals surface area (Å²) in [7, 11) is -3.66. The molecule has 1 aromatic carbocycles. The molecule has 0 saturated carbocycles. The van der Waals surface area contributed by atoms with E-state index in [-0.39, 0.29) is 19.0 Å². The average Bonchev–Trinajstić information content (AvgIpc) is 2.93. The van der Waals surface area contributed by atoms with E-state index < -0.39 is 10.2 Å². The smallest absolute Gasteiger partial charge is 0.277 e. The minimum absolute atomic E-state index is 0.0689. The highest BCUT2D eigenvalue weighted by Crippen LogP contribution is 2.24. The van der Waals surface area contributed by atoms with Gasteiger partial charge in [-0.15, -0.1) is 0 Å². The van der Waals surface area contributed by atoms with Crippen LogP contribution in [0.15, 0.2) is 18.2 Å². The fraction of sp³-hybridized carbons (Fsp3) is 0.462. The normalized spacial score (nSPS) is 19.2. The SMILES string of the molecule is NS(=O)(=O)N1CCN(C(=O)c2ccc3c(c2)NCC3)CC1. The van der Waals surface area contributed by atoms with Gasteiger partial charge >= 0.3 is 0 Å². The van der Waals surface area contributed by atoms with Crippen LogP contribution >= 0.6 is 0 Å². The van der Waals surface area contributed by atoms with Crippen LogP contribution in [0.2, 0.25) is 0 Å². The summed E-state index contributed by atoms with van der Waals surface area (Å²) in [5, 5.41) is 8.34. The number of benzene rings is 1. The Bertz CT molecular complexity index is 666. The van der Waals surface area contributed by atoms with Crippen molar-refractivity contribution >= 4 is 21.8 Å². The first-order valence-electron chi connectivity index (χ1n) is 6.89. The predicted octanol–water partition coefficient (Wildman–Crippen LogP) is -0.384. The van der Waals surface area contributed by atoms with Gasteiger partial charge in [0, 0.05) is 44.0 Å². The second-order valence-electron chi connectivity index (χ2n) is 5.28. The van der Waals surface area contributed by atoms with E-state index in [0.29, 0.717) is 18.7 Å². The standard InChI is InChI=1S/C13H18N4O3S/c14-21(19,20)17-7-5-16(6-8-17)13(18)11-2-1-10-3-4-15-12(10)9-11/h1-2,9,15H,3-8H2,(H2,14,19,20). The predicted molar refractivity (Wildman–Crippen MR) is 79.2 cm³/mol. The first kappa shape index (κ1) is 14.3. The third-order valence-corrected chi connectivity index (χ3v) is 5.04. The summed E-state index contributed by atoms with van der Waals surface area (Å²) < 4.78 is 23.7. The highest BCUT2D eigenvalue weighted by atomic mass is 32.2. The van der Waals surface area contributed by atoms with E-state index in [9.17, 15) is 13.2 Å². The molecular weight excluding hydrogens is 292 g/mol. The zero-order valence-electron chi connectivity index (χ0n) is 11.6. The monoisotopic (exact) mass is 310 g/mol. The molecule has 0 bridgehead atoms. The van der Waals surface area contributed by atoms with Crippen molar-refractivity contribution < 1.29 is 13.2 Å². The van der Waals surface area contributed by atoms with E-state index in [4.69, 9.17) is 5.14 Å². The Kier molecular flexibility index (Phi) is 3.60. The first-order valence-corrected chi connectivity index (χ1v) is 8.39. The molecule has 3 rings (SSSR count). The molecule has 0 unspecified atom stereocenters. The van der Waals surface area contributed by atoms with Crippen molar-refractivity contribution in [2.75, 3.05) is 38.0 Å². The molecule has 2 heterocycles. The highest BCUT2D eigenvalue weighted by Gasteiger charge is 2.27. The molecule has 1 saturated heterocycles. The van der Waals surface area contributed by atoms with Gasteiger partial charge in [0.2, 0.25) is 0 Å². The molecule has 1 aromatic rings. The topological polar surface area (TPSA) is 95.7 Å². The van der Waals surface area contributed by atoms with Crippen LogP contribution in [0.25, 0.3) is 0 Å². The Balaban J connectivity index is 1.70. The Hall–Kier alpha value is -1.64. The Morgan fingerprint density at radius 2 is 1.90 bits per heavy atom. The summed E-state index contributed by atoms with van der Waals surface area (Å²) in [6.07, 6.45) is 0.983. The highest BCUT2D eigenvalue weighted by molar-refractivity contribution is 7.86. The number of rotatable bonds is 2. The number of hydrogen-bond donors (Lipinski definition) is 2. The molecule has 1 fully saturated rings. The van der Waals surface area contributed by atoms with Crippen LogP contribution in [0.3, 0.4) is 0 Å². The quantitative estimate of drug-likeness (QED) is 0.778. The first-order chi connectivity index (χ1) is 9.95. The average molecular weight is 310 g/mol. The van der Waals surface area contributed by atoms with Crippen LogP contribution in [-0.2, 0) is 16.6 Å². The molecule has 114 valence electrons. The molecule has 0 aliphatic carbocycles. The minimum Gasteiger partial charge on any atom is -0.384 e. The molecule has 8 heteroatoms. The lowest BCUT2D eigenvalue weighted by molar-refractivity contribution is 0.0698. The second-order valence-corrected chi connectivity index (χ2v) is 6.83. The third-order valence-electron chi connectivity index (χ3n) is 3.95. The van der Waals surface area contributed by atoms with Crippen molar-refractivity contribution in [1.82, 2.24) is 9.21 Å². The fourth-order valence-electron chi connectivity index (χ4n) is 2.75. The number of anilines is 1. The molecule has 0 aromatic heterocycles. The fourth-order valence-corrected chi connectivity index (χ4v) is 3.42. The number of carbonyl (C=O) groups excluding carboxylic acids is 1. The molecule has 21 heavy (non-hydrogen) atoms. The number of piperazine rings is 1. The lowest BCUT2D eigenvalue weighted by Gasteiger charge is -2.33. The lowest BCUT2D eigenvalue weighted by Crippen LogP contribution is -2.52. The minimum atomic E-state index is -3.66. The Labute approximate surface area is 123 Å². The number of hydrogen-bond acceptors (Lipinski definition) is 4. The maximum atomic E-state index is 12.5. The van der Waals surface area contributed by atoms with Crippen molar-refractivity contribution in [2.45, 2.75) is 6.42 Å². The van der Waals surface area contributed by atoms with Crippen molar-refractivity contribution in [1.29, 1.82) is 0 Å². The van der Waals surface area contributed by atoms with Crippen LogP contribution in [0.1, 0.15) is 15.9 Å². The van der Waals surface area contributed by atoms with Gasteiger partial charge in [0.05, 0.1) is 0 Å². The van der Waals surface area contributed by atoms with Crippen LogP contribution in [0, 0.1) is 0 Å². The van der Waals surface area contributed by atoms with Crippen molar-refractivity contribution in [2.24, 2.45) is 5.14 Å². The van der Waals surface area contributed by atoms with Gasteiger partial charge in [-0.25, -0.2) is 5.14 Å². The van der Waals surface area contributed by atoms with E-state index >= 15 is 0 Å². The number of nitrogens with one attached hydrogen (secondary N) is 1. The second kappa shape index (κ2) is 5.28. The largest absolute Gasteiger partial charge is 0.384 e. The van der Waals surface area contributed by atoms with Crippen molar-refractivity contribution in [3.8, 4) is 0 Å². The summed E-state index contributed by atoms with van der Waals surface area (Å²) in [5.41, 5.74) is 2.88. The number of nitrogens with two attached hydrogens (primary N) is 1. The van der Waals surface area contributed by atoms with E-state index in [0.717, 1.165) is 18.7 Å². The van der Waals surface area contributed by atoms with Gasteiger partial charge in [-0.3, -0.25) is 4.79 Å². The van der Waals surface area contributed by atoms with Gasteiger partial charge in [-0.05, 0) is 24.1 Å². The Morgan fingerprint density at radius 3 is 2.57 bits per heavy atom. The van der Waals surface area contributed by atoms with Gasteiger partial charge in [0.25, 0.3) is 16.1 Å². The summed E-state index contributed by atoms with van der Waals surface area (Å²) in [6.45, 7) is 2.11. The maximum Gasteiger partial charge on any atom is 0.277 e. The van der Waals surface area contributed by atoms with Gasteiger partial charge in [-0.1, -0.05) is 6.07 Å². The van der Waals surface area contributed by atoms with Crippen LogP contribution in [0.5, 0.6) is 0 Å². The maximum absolute atomic E-state index is 12.5. The number of amides is 1. The molecular formula is C13H18N4O3S. The molecule has 1 amide bonds. The number of fused-ring (bicyclic) bond motifs is 1. The molecule has 0 radical (unpaired) electrons. The number of carbonyl (C=O) groups is 1. The van der Waals surface area contributed by atoms with Gasteiger partial charge in [0.1, 0.15) is 0 Å². The summed E-state index contributed by atoms with van der Waals surface area (Å²) >= 11 is 0. The van der Waals surface area contributed by atoms with E-state index in [1.807, 2.05) is 18.2 Å². The molecule has 0 atom stereocenters. The summed E-state index contributed by atoms with van der Waals surface area (Å²) in [6, 6.07) is 5.68. The number of nitrogens with zero attached hydrogens (tertiary/aromatic N) is 2. The van der Waals surface area contributed by atoms with Crippen LogP contribution in [-0.4, -0.2) is 56.3 Å². The van der Waals surface area contributed by atoms with Gasteiger partial charge in [0.15, 0.2) is 0 Å². The molecule has 3 N–H and O–H groups in total. The lowest BCUT2D eigenvalue weighted by atomic mass is 10.1. The van der Waals surface area contributed by atoms with Crippen molar-refractivity contribution in [3.05, 3.63) is 29.3 Å². The van der Waals surface area contributed by atoms with E-state index in [1.54, 1.807) is 4.90 Å². The molecule has 0 spiro atoms.